The molecule has 0 radical (unpaired) electrons. The molecular weight excluding hydrogens is 478 g/mol. The number of ketones is 1. The number of amides is 1. The summed E-state index contributed by atoms with van der Waals surface area (Å²) in [6, 6.07) is 23.3. The van der Waals surface area contributed by atoms with Crippen molar-refractivity contribution in [2.24, 2.45) is 0 Å². The number of carbonyl (C=O) groups excluding carboxylic acids is 2. The second-order valence-corrected chi connectivity index (χ2v) is 9.95. The molecule has 1 aliphatic heterocycles. The molecule has 0 saturated heterocycles. The molecule has 3 aromatic carbocycles. The zero-order chi connectivity index (χ0) is 24.4. The van der Waals surface area contributed by atoms with Gasteiger partial charge >= 0.3 is 0 Å². The molecule has 5 nitrogen and oxygen atoms in total. The Labute approximate surface area is 212 Å². The number of fused-ring (bicyclic) bond motifs is 1. The van der Waals surface area contributed by atoms with Crippen LogP contribution < -0.4 is 10.6 Å². The predicted molar refractivity (Wildman–Crippen MR) is 141 cm³/mol. The van der Waals surface area contributed by atoms with Gasteiger partial charge in [-0.2, -0.15) is 5.26 Å². The van der Waals surface area contributed by atoms with Gasteiger partial charge < -0.3 is 10.6 Å². The molecule has 0 fully saturated rings. The third-order valence-electron chi connectivity index (χ3n) is 6.25. The van der Waals surface area contributed by atoms with E-state index in [-0.39, 0.29) is 17.4 Å². The standard InChI is InChI=1S/C28H22ClN3O2S/c29-20-11-8-18(9-12-20)26-22(15-30)28(32-23-6-3-7-24(33)27(23)26)35-16-25(34)31-21-13-10-17-4-1-2-5-19(17)14-21/h1-2,4-5,8-14,26,32H,3,6-7,16H2,(H,31,34)/t26-/m0/s1. The van der Waals surface area contributed by atoms with Crippen LogP contribution in [0.3, 0.4) is 0 Å². The highest BCUT2D eigenvalue weighted by atomic mass is 35.5. The Morgan fingerprint density at radius 3 is 2.63 bits per heavy atom. The molecule has 1 heterocycles. The van der Waals surface area contributed by atoms with Crippen molar-refractivity contribution in [1.82, 2.24) is 5.32 Å². The third kappa shape index (κ3) is 4.84. The molecule has 2 aliphatic rings. The van der Waals surface area contributed by atoms with Crippen LogP contribution in [0.5, 0.6) is 0 Å². The number of nitrogens with zero attached hydrogens (tertiary/aromatic N) is 1. The predicted octanol–water partition coefficient (Wildman–Crippen LogP) is 6.29. The molecule has 7 heteroatoms. The second-order valence-electron chi connectivity index (χ2n) is 8.53. The number of thioether (sulfide) groups is 1. The van der Waals surface area contributed by atoms with Crippen LogP contribution in [0.25, 0.3) is 10.8 Å². The number of hydrogen-bond donors (Lipinski definition) is 2. The van der Waals surface area contributed by atoms with Crippen LogP contribution in [0.1, 0.15) is 30.7 Å². The van der Waals surface area contributed by atoms with Crippen molar-refractivity contribution in [1.29, 1.82) is 5.26 Å². The van der Waals surface area contributed by atoms with Gasteiger partial charge in [0.15, 0.2) is 5.78 Å². The molecule has 0 aromatic heterocycles. The summed E-state index contributed by atoms with van der Waals surface area (Å²) < 4.78 is 0. The maximum Gasteiger partial charge on any atom is 0.234 e. The van der Waals surface area contributed by atoms with Gasteiger partial charge in [0, 0.05) is 28.4 Å². The number of halogens is 1. The molecule has 35 heavy (non-hydrogen) atoms. The molecule has 0 saturated carbocycles. The highest BCUT2D eigenvalue weighted by Crippen LogP contribution is 2.44. The first-order chi connectivity index (χ1) is 17.0. The van der Waals surface area contributed by atoms with Gasteiger partial charge in [0.2, 0.25) is 5.91 Å². The number of benzene rings is 3. The zero-order valence-electron chi connectivity index (χ0n) is 18.8. The second kappa shape index (κ2) is 9.99. The largest absolute Gasteiger partial charge is 0.352 e. The van der Waals surface area contributed by atoms with Gasteiger partial charge in [-0.3, -0.25) is 9.59 Å². The van der Waals surface area contributed by atoms with Crippen molar-refractivity contribution < 1.29 is 9.59 Å². The van der Waals surface area contributed by atoms with Crippen molar-refractivity contribution in [2.45, 2.75) is 25.2 Å². The Morgan fingerprint density at radius 1 is 1.09 bits per heavy atom. The van der Waals surface area contributed by atoms with Crippen LogP contribution in [-0.4, -0.2) is 17.4 Å². The summed E-state index contributed by atoms with van der Waals surface area (Å²) in [6.07, 6.45) is 1.97. The van der Waals surface area contributed by atoms with Crippen LogP contribution in [0.2, 0.25) is 5.02 Å². The minimum absolute atomic E-state index is 0.0598. The van der Waals surface area contributed by atoms with Gasteiger partial charge in [-0.1, -0.05) is 65.8 Å². The van der Waals surface area contributed by atoms with Crippen LogP contribution in [0, 0.1) is 11.3 Å². The number of dihydropyridines is 1. The first kappa shape index (κ1) is 23.2. The molecule has 5 rings (SSSR count). The van der Waals surface area contributed by atoms with Gasteiger partial charge in [-0.15, -0.1) is 0 Å². The lowest BCUT2D eigenvalue weighted by atomic mass is 9.77. The Kier molecular flexibility index (Phi) is 6.63. The fraction of sp³-hybridized carbons (Fsp3) is 0.179. The van der Waals surface area contributed by atoms with Crippen molar-refractivity contribution in [2.75, 3.05) is 11.1 Å². The maximum absolute atomic E-state index is 12.9. The van der Waals surface area contributed by atoms with Gasteiger partial charge in [-0.05, 0) is 53.4 Å². The zero-order valence-corrected chi connectivity index (χ0v) is 20.4. The lowest BCUT2D eigenvalue weighted by Gasteiger charge is -2.33. The van der Waals surface area contributed by atoms with E-state index in [9.17, 15) is 14.9 Å². The number of hydrogen-bond acceptors (Lipinski definition) is 5. The van der Waals surface area contributed by atoms with Crippen molar-refractivity contribution in [3.8, 4) is 6.07 Å². The van der Waals surface area contributed by atoms with E-state index in [2.05, 4.69) is 16.7 Å². The smallest absolute Gasteiger partial charge is 0.234 e. The summed E-state index contributed by atoms with van der Waals surface area (Å²) >= 11 is 7.36. The topological polar surface area (TPSA) is 82.0 Å². The minimum Gasteiger partial charge on any atom is -0.352 e. The molecule has 0 spiro atoms. The monoisotopic (exact) mass is 499 g/mol. The Balaban J connectivity index is 1.39. The fourth-order valence-corrected chi connectivity index (χ4v) is 5.62. The Hall–Kier alpha value is -3.53. The van der Waals surface area contributed by atoms with Crippen LogP contribution in [0.4, 0.5) is 5.69 Å². The van der Waals surface area contributed by atoms with E-state index >= 15 is 0 Å². The van der Waals surface area contributed by atoms with Crippen LogP contribution in [-0.2, 0) is 9.59 Å². The van der Waals surface area contributed by atoms with E-state index in [4.69, 9.17) is 11.6 Å². The van der Waals surface area contributed by atoms with Gasteiger partial charge in [-0.25, -0.2) is 0 Å². The third-order valence-corrected chi connectivity index (χ3v) is 7.52. The molecule has 2 N–H and O–H groups in total. The van der Waals surface area contributed by atoms with Crippen LogP contribution in [0.15, 0.2) is 88.6 Å². The fourth-order valence-electron chi connectivity index (χ4n) is 4.63. The van der Waals surface area contributed by atoms with E-state index in [0.717, 1.165) is 40.6 Å². The summed E-state index contributed by atoms with van der Waals surface area (Å²) in [5.74, 6) is -0.444. The number of nitrogens with one attached hydrogen (secondary N) is 2. The van der Waals surface area contributed by atoms with Gasteiger partial charge in [0.05, 0.1) is 28.3 Å². The van der Waals surface area contributed by atoms with Gasteiger partial charge in [0.1, 0.15) is 0 Å². The summed E-state index contributed by atoms with van der Waals surface area (Å²) in [5.41, 5.74) is 3.51. The van der Waals surface area contributed by atoms with Crippen molar-refractivity contribution in [3.05, 3.63) is 99.2 Å². The summed E-state index contributed by atoms with van der Waals surface area (Å²) in [7, 11) is 0. The van der Waals surface area contributed by atoms with E-state index in [0.29, 0.717) is 27.6 Å². The Morgan fingerprint density at radius 2 is 1.86 bits per heavy atom. The molecule has 3 aromatic rings. The highest BCUT2D eigenvalue weighted by Gasteiger charge is 2.37. The molecule has 174 valence electrons. The molecule has 1 aliphatic carbocycles. The molecular formula is C28H22ClN3O2S. The number of nitriles is 1. The van der Waals surface area contributed by atoms with E-state index in [1.807, 2.05) is 54.6 Å². The lowest BCUT2D eigenvalue weighted by molar-refractivity contribution is -0.116. The van der Waals surface area contributed by atoms with Crippen molar-refractivity contribution in [3.63, 3.8) is 0 Å². The molecule has 1 amide bonds. The SMILES string of the molecule is N#CC1=C(SCC(=O)Nc2ccc3ccccc3c2)NC2=C(C(=O)CCC2)[C@H]1c1ccc(Cl)cc1. The van der Waals surface area contributed by atoms with E-state index in [1.165, 1.54) is 11.8 Å². The molecule has 1 atom stereocenters. The molecule has 0 unspecified atom stereocenters. The number of rotatable bonds is 5. The quantitative estimate of drug-likeness (QED) is 0.431. The molecule has 0 bridgehead atoms. The van der Waals surface area contributed by atoms with Gasteiger partial charge in [0.25, 0.3) is 0 Å². The van der Waals surface area contributed by atoms with E-state index in [1.54, 1.807) is 12.1 Å². The first-order valence-electron chi connectivity index (χ1n) is 11.4. The first-order valence-corrected chi connectivity index (χ1v) is 12.7. The number of Topliss-reactive ketones (excluding diaryl/α,β-unsaturated/α-hetero) is 1. The minimum atomic E-state index is -0.465. The number of carbonyl (C=O) groups is 2. The van der Waals surface area contributed by atoms with E-state index < -0.39 is 5.92 Å². The summed E-state index contributed by atoms with van der Waals surface area (Å²) in [6.45, 7) is 0. The van der Waals surface area contributed by atoms with Crippen LogP contribution >= 0.6 is 23.4 Å². The average Bonchev–Trinajstić information content (AvgIpc) is 2.87. The average molecular weight is 500 g/mol. The number of allylic oxidation sites excluding steroid dienone is 3. The Bertz CT molecular complexity index is 1440. The van der Waals surface area contributed by atoms with Crippen molar-refractivity contribution >= 4 is 51.5 Å². The maximum atomic E-state index is 12.9. The highest BCUT2D eigenvalue weighted by molar-refractivity contribution is 8.03. The summed E-state index contributed by atoms with van der Waals surface area (Å²) in [4.78, 5) is 25.6. The number of anilines is 1. The lowest BCUT2D eigenvalue weighted by Crippen LogP contribution is -2.31. The normalized spacial score (nSPS) is 17.6. The summed E-state index contributed by atoms with van der Waals surface area (Å²) in [5, 5.41) is 19.7.